The van der Waals surface area contributed by atoms with E-state index in [1.807, 2.05) is 0 Å². The Morgan fingerprint density at radius 2 is 1.61 bits per heavy atom. The summed E-state index contributed by atoms with van der Waals surface area (Å²) in [4.78, 5) is 11.0. The summed E-state index contributed by atoms with van der Waals surface area (Å²) in [7, 11) is 0. The molecule has 0 fully saturated rings. The molecule has 2 nitrogen and oxygen atoms in total. The molecule has 108 valence electrons. The van der Waals surface area contributed by atoms with Crippen molar-refractivity contribution in [2.75, 3.05) is 5.88 Å². The Labute approximate surface area is 105 Å². The summed E-state index contributed by atoms with van der Waals surface area (Å²) in [6, 6.07) is -0.802. The Kier molecular flexibility index (Phi) is 6.25. The van der Waals surface area contributed by atoms with Crippen LogP contribution in [-0.2, 0) is 4.79 Å². The molecule has 0 bridgehead atoms. The van der Waals surface area contributed by atoms with Crippen LogP contribution in [0.1, 0.15) is 19.8 Å². The molecule has 18 heavy (non-hydrogen) atoms. The number of amides is 1. The zero-order valence-corrected chi connectivity index (χ0v) is 10.1. The molecule has 0 heterocycles. The van der Waals surface area contributed by atoms with Crippen LogP contribution in [0.3, 0.4) is 0 Å². The molecule has 1 amide bonds. The minimum absolute atomic E-state index is 0.206. The lowest BCUT2D eigenvalue weighted by Gasteiger charge is -2.24. The van der Waals surface area contributed by atoms with Crippen LogP contribution in [0.15, 0.2) is 0 Å². The lowest BCUT2D eigenvalue weighted by atomic mass is 10.1. The van der Waals surface area contributed by atoms with Crippen molar-refractivity contribution in [3.05, 3.63) is 0 Å². The molecule has 0 saturated heterocycles. The third kappa shape index (κ3) is 5.79. The van der Waals surface area contributed by atoms with Gasteiger partial charge in [-0.3, -0.25) is 4.79 Å². The van der Waals surface area contributed by atoms with Gasteiger partial charge in [0, 0.05) is 11.9 Å². The first-order valence-corrected chi connectivity index (χ1v) is 5.53. The van der Waals surface area contributed by atoms with E-state index in [0.717, 1.165) is 0 Å². The Morgan fingerprint density at radius 3 is 1.94 bits per heavy atom. The summed E-state index contributed by atoms with van der Waals surface area (Å²) in [5, 5.41) is 1.69. The van der Waals surface area contributed by atoms with Gasteiger partial charge < -0.3 is 5.32 Å². The molecular formula is C9H12ClF6NO. The predicted molar refractivity (Wildman–Crippen MR) is 53.2 cm³/mol. The fourth-order valence-corrected chi connectivity index (χ4v) is 1.42. The van der Waals surface area contributed by atoms with Crippen molar-refractivity contribution in [1.29, 1.82) is 0 Å². The van der Waals surface area contributed by atoms with Gasteiger partial charge in [-0.1, -0.05) is 0 Å². The van der Waals surface area contributed by atoms with Gasteiger partial charge in [-0.25, -0.2) is 0 Å². The lowest BCUT2D eigenvalue weighted by Crippen LogP contribution is -2.50. The highest BCUT2D eigenvalue weighted by Gasteiger charge is 2.61. The molecular weight excluding hydrogens is 288 g/mol. The maximum Gasteiger partial charge on any atom is 0.409 e. The first-order chi connectivity index (χ1) is 8.00. The first kappa shape index (κ1) is 17.3. The second kappa shape index (κ2) is 6.49. The van der Waals surface area contributed by atoms with Crippen molar-refractivity contribution in [1.82, 2.24) is 5.32 Å². The van der Waals surface area contributed by atoms with E-state index in [0.29, 0.717) is 6.42 Å². The van der Waals surface area contributed by atoms with Crippen LogP contribution in [0.4, 0.5) is 26.3 Å². The number of carbonyl (C=O) groups excluding carboxylic acids is 1. The van der Waals surface area contributed by atoms with E-state index in [9.17, 15) is 31.1 Å². The molecule has 0 aliphatic carbocycles. The summed E-state index contributed by atoms with van der Waals surface area (Å²) >= 11 is 5.32. The standard InChI is InChI=1S/C9H12ClF6NO/c1-5(3-2-4-10)17-7(18)6(8(11,12)13)9(14,15)16/h5-6H,2-4H2,1H3,(H,17,18). The van der Waals surface area contributed by atoms with Crippen LogP contribution in [0.25, 0.3) is 0 Å². The minimum Gasteiger partial charge on any atom is -0.353 e. The highest BCUT2D eigenvalue weighted by Crippen LogP contribution is 2.39. The van der Waals surface area contributed by atoms with Crippen molar-refractivity contribution in [3.63, 3.8) is 0 Å². The predicted octanol–water partition coefficient (Wildman–Crippen LogP) is 3.25. The number of hydrogen-bond donors (Lipinski definition) is 1. The van der Waals surface area contributed by atoms with Gasteiger partial charge in [-0.2, -0.15) is 26.3 Å². The van der Waals surface area contributed by atoms with Crippen LogP contribution in [-0.4, -0.2) is 30.2 Å². The van der Waals surface area contributed by atoms with E-state index in [1.54, 1.807) is 5.32 Å². The Hall–Kier alpha value is -0.660. The normalized spacial score (nSPS) is 14.7. The molecule has 1 unspecified atom stereocenters. The topological polar surface area (TPSA) is 29.1 Å². The molecule has 9 heteroatoms. The number of carbonyl (C=O) groups is 1. The second-order valence-corrected chi connectivity index (χ2v) is 4.14. The summed E-state index contributed by atoms with van der Waals surface area (Å²) < 4.78 is 73.0. The van der Waals surface area contributed by atoms with Gasteiger partial charge in [0.25, 0.3) is 0 Å². The van der Waals surface area contributed by atoms with Gasteiger partial charge >= 0.3 is 12.4 Å². The molecule has 1 N–H and O–H groups in total. The largest absolute Gasteiger partial charge is 0.409 e. The zero-order valence-electron chi connectivity index (χ0n) is 9.33. The molecule has 0 aliphatic heterocycles. The third-order valence-corrected chi connectivity index (χ3v) is 2.34. The van der Waals surface area contributed by atoms with E-state index in [-0.39, 0.29) is 12.3 Å². The van der Waals surface area contributed by atoms with Gasteiger partial charge in [0.05, 0.1) is 0 Å². The van der Waals surface area contributed by atoms with Crippen LogP contribution < -0.4 is 5.32 Å². The van der Waals surface area contributed by atoms with E-state index in [1.165, 1.54) is 6.92 Å². The van der Waals surface area contributed by atoms with Gasteiger partial charge in [0.15, 0.2) is 0 Å². The maximum absolute atomic E-state index is 12.2. The number of hydrogen-bond acceptors (Lipinski definition) is 1. The maximum atomic E-state index is 12.2. The van der Waals surface area contributed by atoms with Gasteiger partial charge in [-0.05, 0) is 19.8 Å². The number of rotatable bonds is 5. The fourth-order valence-electron chi connectivity index (χ4n) is 1.26. The average Bonchev–Trinajstić information content (AvgIpc) is 2.09. The molecule has 0 saturated carbocycles. The summed E-state index contributed by atoms with van der Waals surface area (Å²) in [5.74, 6) is -5.87. The van der Waals surface area contributed by atoms with Gasteiger partial charge in [0.1, 0.15) is 0 Å². The number of nitrogens with one attached hydrogen (secondary N) is 1. The Balaban J connectivity index is 4.70. The lowest BCUT2D eigenvalue weighted by molar-refractivity contribution is -0.274. The highest BCUT2D eigenvalue weighted by molar-refractivity contribution is 6.17. The molecule has 0 radical (unpaired) electrons. The Morgan fingerprint density at radius 1 is 1.17 bits per heavy atom. The van der Waals surface area contributed by atoms with Crippen molar-refractivity contribution in [2.45, 2.75) is 38.2 Å². The van der Waals surface area contributed by atoms with E-state index in [2.05, 4.69) is 0 Å². The summed E-state index contributed by atoms with van der Waals surface area (Å²) in [6.07, 6.45) is -10.7. The zero-order chi connectivity index (χ0) is 14.6. The monoisotopic (exact) mass is 299 g/mol. The average molecular weight is 300 g/mol. The van der Waals surface area contributed by atoms with Gasteiger partial charge in [-0.15, -0.1) is 11.6 Å². The fraction of sp³-hybridized carbons (Fsp3) is 0.889. The molecule has 0 aliphatic rings. The molecule has 0 aromatic heterocycles. The van der Waals surface area contributed by atoms with Crippen molar-refractivity contribution >= 4 is 17.5 Å². The van der Waals surface area contributed by atoms with Crippen molar-refractivity contribution in [3.8, 4) is 0 Å². The third-order valence-electron chi connectivity index (χ3n) is 2.08. The first-order valence-electron chi connectivity index (χ1n) is 5.00. The van der Waals surface area contributed by atoms with Crippen LogP contribution in [0, 0.1) is 5.92 Å². The molecule has 0 aromatic carbocycles. The summed E-state index contributed by atoms with van der Waals surface area (Å²) in [5.41, 5.74) is 0. The van der Waals surface area contributed by atoms with Crippen molar-refractivity contribution < 1.29 is 31.1 Å². The van der Waals surface area contributed by atoms with E-state index >= 15 is 0 Å². The minimum atomic E-state index is -5.66. The second-order valence-electron chi connectivity index (χ2n) is 3.76. The van der Waals surface area contributed by atoms with Crippen LogP contribution in [0.5, 0.6) is 0 Å². The Bertz CT molecular complexity index is 263. The quantitative estimate of drug-likeness (QED) is 0.613. The highest BCUT2D eigenvalue weighted by atomic mass is 35.5. The number of halogens is 7. The van der Waals surface area contributed by atoms with E-state index in [4.69, 9.17) is 11.6 Å². The van der Waals surface area contributed by atoms with Crippen LogP contribution in [0.2, 0.25) is 0 Å². The molecule has 0 rings (SSSR count). The molecule has 0 aromatic rings. The number of alkyl halides is 7. The summed E-state index contributed by atoms with van der Waals surface area (Å²) in [6.45, 7) is 1.31. The van der Waals surface area contributed by atoms with Crippen molar-refractivity contribution in [2.24, 2.45) is 5.92 Å². The molecule has 1 atom stereocenters. The van der Waals surface area contributed by atoms with E-state index < -0.39 is 30.2 Å². The SMILES string of the molecule is CC(CCCCl)NC(=O)C(C(F)(F)F)C(F)(F)F. The van der Waals surface area contributed by atoms with Crippen LogP contribution >= 0.6 is 11.6 Å². The molecule has 0 spiro atoms. The van der Waals surface area contributed by atoms with Gasteiger partial charge in [0.2, 0.25) is 11.8 Å². The smallest absolute Gasteiger partial charge is 0.353 e.